The predicted molar refractivity (Wildman–Crippen MR) is 126 cm³/mol. The molecule has 0 aliphatic carbocycles. The van der Waals surface area contributed by atoms with E-state index in [0.29, 0.717) is 6.42 Å². The van der Waals surface area contributed by atoms with Gasteiger partial charge in [-0.3, -0.25) is 0 Å². The predicted octanol–water partition coefficient (Wildman–Crippen LogP) is 6.30. The van der Waals surface area contributed by atoms with E-state index in [1.807, 2.05) is 38.7 Å². The van der Waals surface area contributed by atoms with E-state index in [1.165, 1.54) is 17.2 Å². The van der Waals surface area contributed by atoms with Crippen LogP contribution in [-0.2, 0) is 22.4 Å². The van der Waals surface area contributed by atoms with Crippen LogP contribution in [0.2, 0.25) is 0 Å². The van der Waals surface area contributed by atoms with Gasteiger partial charge in [-0.25, -0.2) is 8.78 Å². The average Bonchev–Trinajstić information content (AvgIpc) is 2.81. The largest absolute Gasteiger partial charge is 0.338 e. The van der Waals surface area contributed by atoms with E-state index in [-0.39, 0.29) is 17.7 Å². The van der Waals surface area contributed by atoms with Crippen molar-refractivity contribution in [3.63, 3.8) is 0 Å². The molecule has 0 fully saturated rings. The summed E-state index contributed by atoms with van der Waals surface area (Å²) in [6, 6.07) is 19.1. The van der Waals surface area contributed by atoms with E-state index in [0.717, 1.165) is 41.8 Å². The first-order chi connectivity index (χ1) is 15.5. The minimum absolute atomic E-state index is 0.135. The SMILES string of the molecule is C=O.C=O.Cc1ccc(N2c3cc(F)ccc3CCC2CCc2ccc(C)cc2F)cc1. The number of benzene rings is 3. The number of aryl methyl sites for hydroxylation is 4. The molecule has 32 heavy (non-hydrogen) atoms. The van der Waals surface area contributed by atoms with Crippen LogP contribution in [0, 0.1) is 25.5 Å². The number of halogens is 2. The summed E-state index contributed by atoms with van der Waals surface area (Å²) >= 11 is 0. The highest BCUT2D eigenvalue weighted by atomic mass is 19.1. The molecule has 0 spiro atoms. The van der Waals surface area contributed by atoms with Gasteiger partial charge >= 0.3 is 0 Å². The fourth-order valence-corrected chi connectivity index (χ4v) is 4.13. The Labute approximate surface area is 188 Å². The molecule has 168 valence electrons. The van der Waals surface area contributed by atoms with Crippen molar-refractivity contribution in [3.05, 3.63) is 94.6 Å². The second-order valence-electron chi connectivity index (χ2n) is 7.80. The van der Waals surface area contributed by atoms with Crippen molar-refractivity contribution >= 4 is 25.0 Å². The van der Waals surface area contributed by atoms with Gasteiger partial charge in [0.2, 0.25) is 0 Å². The molecule has 1 atom stereocenters. The van der Waals surface area contributed by atoms with Crippen molar-refractivity contribution in [1.82, 2.24) is 0 Å². The van der Waals surface area contributed by atoms with E-state index in [9.17, 15) is 8.78 Å². The Morgan fingerprint density at radius 2 is 1.53 bits per heavy atom. The number of carbonyl (C=O) groups excluding carboxylic acids is 2. The molecule has 4 rings (SSSR count). The van der Waals surface area contributed by atoms with Crippen LogP contribution in [-0.4, -0.2) is 19.6 Å². The first-order valence-corrected chi connectivity index (χ1v) is 10.5. The van der Waals surface area contributed by atoms with Crippen molar-refractivity contribution in [2.24, 2.45) is 0 Å². The number of fused-ring (bicyclic) bond motifs is 1. The molecule has 0 saturated heterocycles. The van der Waals surface area contributed by atoms with Crippen molar-refractivity contribution in [2.45, 2.75) is 45.6 Å². The highest BCUT2D eigenvalue weighted by Gasteiger charge is 2.28. The number of rotatable bonds is 4. The monoisotopic (exact) mass is 437 g/mol. The maximum atomic E-state index is 14.3. The molecule has 0 amide bonds. The van der Waals surface area contributed by atoms with Gasteiger partial charge in [0, 0.05) is 17.4 Å². The van der Waals surface area contributed by atoms with Crippen molar-refractivity contribution in [1.29, 1.82) is 0 Å². The van der Waals surface area contributed by atoms with Crippen LogP contribution in [0.15, 0.2) is 60.7 Å². The Kier molecular flexibility index (Phi) is 9.26. The van der Waals surface area contributed by atoms with Crippen LogP contribution in [0.5, 0.6) is 0 Å². The van der Waals surface area contributed by atoms with Gasteiger partial charge in [-0.1, -0.05) is 35.9 Å². The molecule has 0 N–H and O–H groups in total. The van der Waals surface area contributed by atoms with Crippen LogP contribution < -0.4 is 4.90 Å². The Hall–Kier alpha value is -3.34. The summed E-state index contributed by atoms with van der Waals surface area (Å²) in [6.45, 7) is 7.96. The minimum atomic E-state index is -0.221. The van der Waals surface area contributed by atoms with Gasteiger partial charge in [0.1, 0.15) is 25.2 Å². The molecule has 5 heteroatoms. The maximum absolute atomic E-state index is 14.3. The summed E-state index contributed by atoms with van der Waals surface area (Å²) in [5.41, 5.74) is 6.04. The summed E-state index contributed by atoms with van der Waals surface area (Å²) in [5.74, 6) is -0.356. The molecule has 1 heterocycles. The Balaban J connectivity index is 0.000000860. The normalized spacial score (nSPS) is 14.4. The summed E-state index contributed by atoms with van der Waals surface area (Å²) < 4.78 is 28.3. The topological polar surface area (TPSA) is 37.4 Å². The molecule has 3 aromatic rings. The van der Waals surface area contributed by atoms with Crippen LogP contribution in [0.3, 0.4) is 0 Å². The maximum Gasteiger partial charge on any atom is 0.126 e. The molecular weight excluding hydrogens is 408 g/mol. The lowest BCUT2D eigenvalue weighted by Gasteiger charge is -2.39. The molecule has 0 radical (unpaired) electrons. The number of hydrogen-bond donors (Lipinski definition) is 0. The lowest BCUT2D eigenvalue weighted by molar-refractivity contribution is -0.0987. The standard InChI is InChI=1S/C25H25F2N.2CH2O/c1-17-4-11-22(12-5-17)28-23(13-8-19-6-3-18(2)15-24(19)27)14-9-20-7-10-21(26)16-25(20)28;2*1-2/h3-7,10-12,15-16,23H,8-9,13-14H2,1-2H3;2*1H2. The summed E-state index contributed by atoms with van der Waals surface area (Å²) in [7, 11) is 0. The number of hydrogen-bond acceptors (Lipinski definition) is 3. The third-order valence-electron chi connectivity index (χ3n) is 5.69. The van der Waals surface area contributed by atoms with E-state index in [2.05, 4.69) is 36.1 Å². The zero-order chi connectivity index (χ0) is 23.7. The highest BCUT2D eigenvalue weighted by molar-refractivity contribution is 5.69. The Morgan fingerprint density at radius 3 is 2.19 bits per heavy atom. The fraction of sp³-hybridized carbons (Fsp3) is 0.259. The third-order valence-corrected chi connectivity index (χ3v) is 5.69. The first kappa shape index (κ1) is 24.9. The summed E-state index contributed by atoms with van der Waals surface area (Å²) in [6.07, 6.45) is 3.38. The van der Waals surface area contributed by atoms with Gasteiger partial charge in [0.05, 0.1) is 0 Å². The molecule has 0 aromatic heterocycles. The lowest BCUT2D eigenvalue weighted by atomic mass is 9.91. The summed E-state index contributed by atoms with van der Waals surface area (Å²) in [5, 5.41) is 0. The second kappa shape index (κ2) is 11.9. The smallest absolute Gasteiger partial charge is 0.126 e. The van der Waals surface area contributed by atoms with Crippen LogP contribution in [0.25, 0.3) is 0 Å². The molecule has 0 saturated carbocycles. The van der Waals surface area contributed by atoms with Crippen molar-refractivity contribution < 1.29 is 18.4 Å². The quantitative estimate of drug-likeness (QED) is 0.481. The zero-order valence-electron chi connectivity index (χ0n) is 18.6. The Morgan fingerprint density at radius 1 is 0.875 bits per heavy atom. The second-order valence-corrected chi connectivity index (χ2v) is 7.80. The molecule has 3 nitrogen and oxygen atoms in total. The minimum Gasteiger partial charge on any atom is -0.338 e. The van der Waals surface area contributed by atoms with Crippen LogP contribution in [0.4, 0.5) is 20.2 Å². The lowest BCUT2D eigenvalue weighted by Crippen LogP contribution is -2.36. The van der Waals surface area contributed by atoms with Gasteiger partial charge in [0.15, 0.2) is 0 Å². The van der Waals surface area contributed by atoms with Crippen LogP contribution in [0.1, 0.15) is 35.1 Å². The molecule has 1 aliphatic heterocycles. The van der Waals surface area contributed by atoms with Crippen LogP contribution >= 0.6 is 0 Å². The van der Waals surface area contributed by atoms with E-state index in [4.69, 9.17) is 9.59 Å². The average molecular weight is 438 g/mol. The highest BCUT2D eigenvalue weighted by Crippen LogP contribution is 2.39. The van der Waals surface area contributed by atoms with E-state index < -0.39 is 0 Å². The van der Waals surface area contributed by atoms with Gasteiger partial charge in [0.25, 0.3) is 0 Å². The van der Waals surface area contributed by atoms with Gasteiger partial charge < -0.3 is 14.5 Å². The molecular formula is C27H29F2NO2. The van der Waals surface area contributed by atoms with Gasteiger partial charge in [-0.2, -0.15) is 0 Å². The number of nitrogens with zero attached hydrogens (tertiary/aromatic N) is 1. The van der Waals surface area contributed by atoms with Gasteiger partial charge in [-0.15, -0.1) is 0 Å². The Bertz CT molecular complexity index is 1020. The first-order valence-electron chi connectivity index (χ1n) is 10.5. The molecule has 3 aromatic carbocycles. The van der Waals surface area contributed by atoms with E-state index >= 15 is 0 Å². The molecule has 1 aliphatic rings. The molecule has 0 bridgehead atoms. The number of anilines is 2. The zero-order valence-corrected chi connectivity index (χ0v) is 18.6. The summed E-state index contributed by atoms with van der Waals surface area (Å²) in [4.78, 5) is 18.2. The van der Waals surface area contributed by atoms with Crippen molar-refractivity contribution in [3.8, 4) is 0 Å². The number of carbonyl (C=O) groups is 2. The fourth-order valence-electron chi connectivity index (χ4n) is 4.13. The van der Waals surface area contributed by atoms with Gasteiger partial charge in [-0.05, 0) is 86.6 Å². The third kappa shape index (κ3) is 5.88. The van der Waals surface area contributed by atoms with Crippen molar-refractivity contribution in [2.75, 3.05) is 4.90 Å². The molecule has 1 unspecified atom stereocenters. The van der Waals surface area contributed by atoms with E-state index in [1.54, 1.807) is 12.1 Å².